The highest BCUT2D eigenvalue weighted by Gasteiger charge is 2.31. The van der Waals surface area contributed by atoms with Crippen molar-refractivity contribution in [1.29, 1.82) is 0 Å². The Bertz CT molecular complexity index is 1080. The lowest BCUT2D eigenvalue weighted by atomic mass is 9.95. The van der Waals surface area contributed by atoms with Gasteiger partial charge in [-0.2, -0.15) is 0 Å². The fourth-order valence-corrected chi connectivity index (χ4v) is 3.66. The van der Waals surface area contributed by atoms with Gasteiger partial charge in [-0.3, -0.25) is 4.79 Å². The van der Waals surface area contributed by atoms with Crippen molar-refractivity contribution in [3.63, 3.8) is 0 Å². The van der Waals surface area contributed by atoms with Crippen molar-refractivity contribution in [2.24, 2.45) is 0 Å². The molecule has 0 fully saturated rings. The summed E-state index contributed by atoms with van der Waals surface area (Å²) in [6.07, 6.45) is 0. The summed E-state index contributed by atoms with van der Waals surface area (Å²) in [5, 5.41) is 9.24. The molecule has 1 aliphatic rings. The minimum atomic E-state index is -0.524. The molecule has 0 bridgehead atoms. The van der Waals surface area contributed by atoms with Crippen molar-refractivity contribution < 1.29 is 23.8 Å². The van der Waals surface area contributed by atoms with E-state index in [1.54, 1.807) is 25.1 Å². The number of amides is 1. The SMILES string of the molecule is CCOc1cc([C@@H]2NC(=S)NC(C)=C2C(=O)OC)ccc1OCC(=O)Nc1ccc(C)cc1. The number of thiocarbonyl (C=S) groups is 1. The third-order valence-corrected chi connectivity index (χ3v) is 5.19. The summed E-state index contributed by atoms with van der Waals surface area (Å²) in [5.41, 5.74) is 3.56. The van der Waals surface area contributed by atoms with E-state index in [2.05, 4.69) is 16.0 Å². The molecule has 1 aliphatic heterocycles. The Labute approximate surface area is 198 Å². The van der Waals surface area contributed by atoms with Crippen LogP contribution in [0, 0.1) is 6.92 Å². The molecule has 9 heteroatoms. The molecule has 0 saturated heterocycles. The third-order valence-electron chi connectivity index (χ3n) is 4.97. The molecule has 0 saturated carbocycles. The highest BCUT2D eigenvalue weighted by Crippen LogP contribution is 2.34. The molecule has 2 aromatic carbocycles. The maximum atomic E-state index is 12.4. The number of rotatable bonds is 8. The van der Waals surface area contributed by atoms with E-state index >= 15 is 0 Å². The number of aryl methyl sites for hydroxylation is 1. The van der Waals surface area contributed by atoms with Gasteiger partial charge >= 0.3 is 5.97 Å². The molecule has 0 radical (unpaired) electrons. The molecule has 1 atom stereocenters. The van der Waals surface area contributed by atoms with Gasteiger partial charge in [0.1, 0.15) is 0 Å². The molecule has 0 aromatic heterocycles. The van der Waals surface area contributed by atoms with Gasteiger partial charge in [-0.05, 0) is 62.8 Å². The van der Waals surface area contributed by atoms with E-state index in [1.807, 2.05) is 38.1 Å². The molecule has 3 N–H and O–H groups in total. The zero-order valence-electron chi connectivity index (χ0n) is 19.0. The first kappa shape index (κ1) is 24.1. The number of carbonyl (C=O) groups is 2. The standard InChI is InChI=1S/C24H27N3O5S/c1-5-31-19-12-16(22-21(23(29)30-4)15(3)25-24(33)27-22)8-11-18(19)32-13-20(28)26-17-9-6-14(2)7-10-17/h6-12,22H,5,13H2,1-4H3,(H,26,28)(H2,25,27,33)/t22-/m0/s1. The summed E-state index contributed by atoms with van der Waals surface area (Å²) in [7, 11) is 1.33. The van der Waals surface area contributed by atoms with Gasteiger partial charge in [-0.25, -0.2) is 4.79 Å². The molecule has 2 aromatic rings. The van der Waals surface area contributed by atoms with Gasteiger partial charge in [0.2, 0.25) is 0 Å². The summed E-state index contributed by atoms with van der Waals surface area (Å²) in [6, 6.07) is 12.2. The molecule has 33 heavy (non-hydrogen) atoms. The van der Waals surface area contributed by atoms with Crippen LogP contribution in [0.4, 0.5) is 5.69 Å². The molecule has 8 nitrogen and oxygen atoms in total. The van der Waals surface area contributed by atoms with Crippen LogP contribution in [0.5, 0.6) is 11.5 Å². The monoisotopic (exact) mass is 469 g/mol. The van der Waals surface area contributed by atoms with Crippen molar-refractivity contribution in [3.8, 4) is 11.5 Å². The average Bonchev–Trinajstić information content (AvgIpc) is 2.79. The fraction of sp³-hybridized carbons (Fsp3) is 0.292. The summed E-state index contributed by atoms with van der Waals surface area (Å²) < 4.78 is 16.4. The van der Waals surface area contributed by atoms with Crippen molar-refractivity contribution in [2.75, 3.05) is 25.6 Å². The molecular weight excluding hydrogens is 442 g/mol. The second kappa shape index (κ2) is 10.8. The Kier molecular flexibility index (Phi) is 7.89. The number of hydrogen-bond donors (Lipinski definition) is 3. The number of carbonyl (C=O) groups excluding carboxylic acids is 2. The van der Waals surface area contributed by atoms with E-state index in [4.69, 9.17) is 26.4 Å². The normalized spacial score (nSPS) is 15.3. The number of esters is 1. The van der Waals surface area contributed by atoms with Crippen LogP contribution in [-0.4, -0.2) is 37.3 Å². The predicted octanol–water partition coefficient (Wildman–Crippen LogP) is 3.38. The van der Waals surface area contributed by atoms with Crippen LogP contribution in [0.2, 0.25) is 0 Å². The molecule has 1 amide bonds. The van der Waals surface area contributed by atoms with Crippen LogP contribution in [0.15, 0.2) is 53.7 Å². The number of methoxy groups -OCH3 is 1. The maximum Gasteiger partial charge on any atom is 0.337 e. The lowest BCUT2D eigenvalue weighted by Gasteiger charge is -2.30. The molecular formula is C24H27N3O5S. The van der Waals surface area contributed by atoms with Crippen LogP contribution < -0.4 is 25.4 Å². The van der Waals surface area contributed by atoms with Gasteiger partial charge in [0.05, 0.1) is 25.3 Å². The van der Waals surface area contributed by atoms with Gasteiger partial charge in [0, 0.05) is 11.4 Å². The molecule has 0 spiro atoms. The molecule has 3 rings (SSSR count). The summed E-state index contributed by atoms with van der Waals surface area (Å²) >= 11 is 5.27. The molecule has 0 unspecified atom stereocenters. The second-order valence-electron chi connectivity index (χ2n) is 7.40. The van der Waals surface area contributed by atoms with E-state index in [-0.39, 0.29) is 12.5 Å². The third kappa shape index (κ3) is 6.01. The largest absolute Gasteiger partial charge is 0.490 e. The summed E-state index contributed by atoms with van der Waals surface area (Å²) in [5.74, 6) is 0.107. The minimum absolute atomic E-state index is 0.185. The molecule has 1 heterocycles. The maximum absolute atomic E-state index is 12.4. The van der Waals surface area contributed by atoms with Gasteiger partial charge in [-0.15, -0.1) is 0 Å². The van der Waals surface area contributed by atoms with Crippen molar-refractivity contribution in [3.05, 3.63) is 64.9 Å². The first-order valence-electron chi connectivity index (χ1n) is 10.4. The second-order valence-corrected chi connectivity index (χ2v) is 7.81. The Hall–Kier alpha value is -3.59. The average molecular weight is 470 g/mol. The van der Waals surface area contributed by atoms with Gasteiger partial charge in [0.15, 0.2) is 23.2 Å². The number of hydrogen-bond acceptors (Lipinski definition) is 6. The smallest absolute Gasteiger partial charge is 0.337 e. The Morgan fingerprint density at radius 2 is 1.79 bits per heavy atom. The van der Waals surface area contributed by atoms with Crippen LogP contribution in [-0.2, 0) is 14.3 Å². The predicted molar refractivity (Wildman–Crippen MR) is 129 cm³/mol. The quantitative estimate of drug-likeness (QED) is 0.400. The fourth-order valence-electron chi connectivity index (χ4n) is 3.39. The summed E-state index contributed by atoms with van der Waals surface area (Å²) in [4.78, 5) is 24.7. The van der Waals surface area contributed by atoms with Crippen LogP contribution in [0.1, 0.15) is 31.0 Å². The van der Waals surface area contributed by atoms with E-state index in [1.165, 1.54) is 7.11 Å². The topological polar surface area (TPSA) is 97.9 Å². The number of anilines is 1. The van der Waals surface area contributed by atoms with Crippen LogP contribution in [0.25, 0.3) is 0 Å². The first-order chi connectivity index (χ1) is 15.8. The minimum Gasteiger partial charge on any atom is -0.490 e. The van der Waals surface area contributed by atoms with Gasteiger partial charge in [-0.1, -0.05) is 23.8 Å². The van der Waals surface area contributed by atoms with E-state index in [0.717, 1.165) is 11.1 Å². The number of nitrogens with one attached hydrogen (secondary N) is 3. The molecule has 0 aliphatic carbocycles. The van der Waals surface area contributed by atoms with Crippen LogP contribution in [0.3, 0.4) is 0 Å². The zero-order chi connectivity index (χ0) is 24.0. The van der Waals surface area contributed by atoms with Gasteiger partial charge in [0.25, 0.3) is 5.91 Å². The van der Waals surface area contributed by atoms with E-state index in [9.17, 15) is 9.59 Å². The van der Waals surface area contributed by atoms with E-state index in [0.29, 0.717) is 40.2 Å². The van der Waals surface area contributed by atoms with Crippen molar-refractivity contribution in [1.82, 2.24) is 10.6 Å². The number of benzene rings is 2. The highest BCUT2D eigenvalue weighted by molar-refractivity contribution is 7.80. The first-order valence-corrected chi connectivity index (χ1v) is 10.9. The number of ether oxygens (including phenoxy) is 3. The summed E-state index contributed by atoms with van der Waals surface area (Å²) in [6.45, 7) is 5.80. The van der Waals surface area contributed by atoms with Gasteiger partial charge < -0.3 is 30.2 Å². The van der Waals surface area contributed by atoms with Crippen molar-refractivity contribution in [2.45, 2.75) is 26.8 Å². The molecule has 174 valence electrons. The van der Waals surface area contributed by atoms with Crippen molar-refractivity contribution >= 4 is 34.9 Å². The lowest BCUT2D eigenvalue weighted by Crippen LogP contribution is -2.45. The Balaban J connectivity index is 1.79. The van der Waals surface area contributed by atoms with E-state index < -0.39 is 12.0 Å². The van der Waals surface area contributed by atoms with Crippen LogP contribution >= 0.6 is 12.2 Å². The lowest BCUT2D eigenvalue weighted by molar-refractivity contribution is -0.136. The Morgan fingerprint density at radius 1 is 1.06 bits per heavy atom. The highest BCUT2D eigenvalue weighted by atomic mass is 32.1. The Morgan fingerprint density at radius 3 is 2.45 bits per heavy atom. The zero-order valence-corrected chi connectivity index (χ0v) is 19.8. The number of allylic oxidation sites excluding steroid dienone is 1.